The third-order valence-electron chi connectivity index (χ3n) is 2.52. The monoisotopic (exact) mass is 286 g/mol. The first kappa shape index (κ1) is 14.1. The Bertz CT molecular complexity index is 701. The van der Waals surface area contributed by atoms with E-state index in [1.54, 1.807) is 12.1 Å². The zero-order chi connectivity index (χ0) is 15.2. The van der Waals surface area contributed by atoms with Crippen LogP contribution in [0.5, 0.6) is 5.75 Å². The Balaban J connectivity index is 2.10. The number of carbonyl (C=O) groups excluding carboxylic acids is 1. The number of nitro benzene ring substituents is 1. The summed E-state index contributed by atoms with van der Waals surface area (Å²) < 4.78 is 0. The number of nitro groups is 1. The molecular weight excluding hydrogens is 276 g/mol. The number of nitrogens with one attached hydrogen (secondary N) is 1. The number of hydrogen-bond donors (Lipinski definition) is 2. The highest BCUT2D eigenvalue weighted by molar-refractivity contribution is 5.94. The Labute approximate surface area is 118 Å². The maximum Gasteiger partial charge on any atom is 0.272 e. The van der Waals surface area contributed by atoms with E-state index >= 15 is 0 Å². The van der Waals surface area contributed by atoms with Crippen molar-refractivity contribution in [2.75, 3.05) is 0 Å². The highest BCUT2D eigenvalue weighted by atomic mass is 16.6. The molecule has 0 unspecified atom stereocenters. The van der Waals surface area contributed by atoms with E-state index in [9.17, 15) is 20.0 Å². The largest absolute Gasteiger partial charge is 0.507 e. The van der Waals surface area contributed by atoms with Gasteiger partial charge in [-0.2, -0.15) is 5.10 Å². The number of hydrogen-bond acceptors (Lipinski definition) is 6. The first-order chi connectivity index (χ1) is 10.1. The number of rotatable bonds is 4. The van der Waals surface area contributed by atoms with Gasteiger partial charge >= 0.3 is 0 Å². The molecule has 1 amide bonds. The highest BCUT2D eigenvalue weighted by Gasteiger charge is 2.09. The number of amides is 1. The van der Waals surface area contributed by atoms with Crippen LogP contribution < -0.4 is 5.43 Å². The van der Waals surface area contributed by atoms with Gasteiger partial charge in [0, 0.05) is 30.1 Å². The molecule has 2 aromatic rings. The molecule has 0 spiro atoms. The SMILES string of the molecule is O=C(N/N=C/c1cc([N+](=O)[O-])ccc1O)c1cccnc1. The average molecular weight is 286 g/mol. The zero-order valence-corrected chi connectivity index (χ0v) is 10.6. The van der Waals surface area contributed by atoms with Gasteiger partial charge in [0.05, 0.1) is 16.7 Å². The third-order valence-corrected chi connectivity index (χ3v) is 2.52. The summed E-state index contributed by atoms with van der Waals surface area (Å²) in [7, 11) is 0. The summed E-state index contributed by atoms with van der Waals surface area (Å²) in [5.74, 6) is -0.663. The Morgan fingerprint density at radius 2 is 2.24 bits per heavy atom. The van der Waals surface area contributed by atoms with Crippen LogP contribution in [-0.2, 0) is 0 Å². The second-order valence-electron chi connectivity index (χ2n) is 3.94. The Kier molecular flexibility index (Phi) is 4.20. The summed E-state index contributed by atoms with van der Waals surface area (Å²) in [5, 5.41) is 23.8. The van der Waals surface area contributed by atoms with Crippen LogP contribution in [0.2, 0.25) is 0 Å². The van der Waals surface area contributed by atoms with Gasteiger partial charge in [0.2, 0.25) is 0 Å². The second kappa shape index (κ2) is 6.24. The average Bonchev–Trinajstić information content (AvgIpc) is 2.49. The van der Waals surface area contributed by atoms with E-state index in [1.807, 2.05) is 0 Å². The summed E-state index contributed by atoms with van der Waals surface area (Å²) in [6.45, 7) is 0. The number of benzene rings is 1. The fourth-order valence-electron chi connectivity index (χ4n) is 1.48. The molecule has 2 rings (SSSR count). The molecule has 0 fully saturated rings. The van der Waals surface area contributed by atoms with Crippen molar-refractivity contribution in [2.45, 2.75) is 0 Å². The summed E-state index contributed by atoms with van der Waals surface area (Å²) in [4.78, 5) is 25.5. The second-order valence-corrected chi connectivity index (χ2v) is 3.94. The number of pyridine rings is 1. The van der Waals surface area contributed by atoms with E-state index in [2.05, 4.69) is 15.5 Å². The number of aromatic nitrogens is 1. The Morgan fingerprint density at radius 3 is 2.90 bits per heavy atom. The van der Waals surface area contributed by atoms with Crippen LogP contribution in [-0.4, -0.2) is 27.1 Å². The molecule has 0 saturated heterocycles. The molecule has 8 heteroatoms. The van der Waals surface area contributed by atoms with Gasteiger partial charge in [0.15, 0.2) is 0 Å². The van der Waals surface area contributed by atoms with Crippen molar-refractivity contribution in [3.05, 3.63) is 64.0 Å². The molecule has 2 N–H and O–H groups in total. The first-order valence-electron chi connectivity index (χ1n) is 5.79. The summed E-state index contributed by atoms with van der Waals surface area (Å²) >= 11 is 0. The number of aromatic hydroxyl groups is 1. The number of phenols is 1. The predicted molar refractivity (Wildman–Crippen MR) is 74.1 cm³/mol. The van der Waals surface area contributed by atoms with Crippen molar-refractivity contribution in [1.29, 1.82) is 0 Å². The maximum atomic E-state index is 11.7. The molecule has 0 bridgehead atoms. The summed E-state index contributed by atoms with van der Waals surface area (Å²) in [6, 6.07) is 6.66. The van der Waals surface area contributed by atoms with Crippen molar-refractivity contribution in [3.63, 3.8) is 0 Å². The third kappa shape index (κ3) is 3.60. The number of carbonyl (C=O) groups is 1. The predicted octanol–water partition coefficient (Wildman–Crippen LogP) is 1.46. The number of phenolic OH excluding ortho intramolecular Hbond substituents is 1. The lowest BCUT2D eigenvalue weighted by Gasteiger charge is -2.00. The lowest BCUT2D eigenvalue weighted by Crippen LogP contribution is -2.17. The number of nitrogens with zero attached hydrogens (tertiary/aromatic N) is 3. The van der Waals surface area contributed by atoms with Crippen molar-refractivity contribution >= 4 is 17.8 Å². The van der Waals surface area contributed by atoms with Crippen LogP contribution in [0, 0.1) is 10.1 Å². The van der Waals surface area contributed by atoms with Gasteiger partial charge in [0.1, 0.15) is 5.75 Å². The zero-order valence-electron chi connectivity index (χ0n) is 10.6. The molecular formula is C13H10N4O4. The van der Waals surface area contributed by atoms with Crippen LogP contribution in [0.25, 0.3) is 0 Å². The van der Waals surface area contributed by atoms with Gasteiger partial charge < -0.3 is 5.11 Å². The van der Waals surface area contributed by atoms with Gasteiger partial charge in [0.25, 0.3) is 11.6 Å². The van der Waals surface area contributed by atoms with Gasteiger partial charge in [-0.15, -0.1) is 0 Å². The van der Waals surface area contributed by atoms with Gasteiger partial charge in [-0.05, 0) is 18.2 Å². The van der Waals surface area contributed by atoms with E-state index < -0.39 is 10.8 Å². The molecule has 21 heavy (non-hydrogen) atoms. The quantitative estimate of drug-likeness (QED) is 0.501. The van der Waals surface area contributed by atoms with Crippen LogP contribution in [0.3, 0.4) is 0 Å². The first-order valence-corrected chi connectivity index (χ1v) is 5.79. The molecule has 1 aromatic carbocycles. The summed E-state index contributed by atoms with van der Waals surface area (Å²) in [6.07, 6.45) is 4.02. The van der Waals surface area contributed by atoms with Crippen molar-refractivity contribution < 1.29 is 14.8 Å². The molecule has 1 heterocycles. The minimum atomic E-state index is -0.592. The van der Waals surface area contributed by atoms with Crippen LogP contribution in [0.1, 0.15) is 15.9 Å². The van der Waals surface area contributed by atoms with Crippen LogP contribution in [0.15, 0.2) is 47.8 Å². The van der Waals surface area contributed by atoms with E-state index in [4.69, 9.17) is 0 Å². The molecule has 106 valence electrons. The molecule has 8 nitrogen and oxygen atoms in total. The van der Waals surface area contributed by atoms with Crippen molar-refractivity contribution in [1.82, 2.24) is 10.4 Å². The highest BCUT2D eigenvalue weighted by Crippen LogP contribution is 2.21. The molecule has 0 atom stereocenters. The smallest absolute Gasteiger partial charge is 0.272 e. The van der Waals surface area contributed by atoms with Crippen molar-refractivity contribution in [2.24, 2.45) is 5.10 Å². The topological polar surface area (TPSA) is 118 Å². The molecule has 0 aliphatic rings. The van der Waals surface area contributed by atoms with E-state index in [-0.39, 0.29) is 17.0 Å². The minimum Gasteiger partial charge on any atom is -0.507 e. The van der Waals surface area contributed by atoms with Gasteiger partial charge in [-0.1, -0.05) is 0 Å². The van der Waals surface area contributed by atoms with Gasteiger partial charge in [-0.3, -0.25) is 19.9 Å². The Hall–Kier alpha value is -3.29. The molecule has 0 aliphatic heterocycles. The fourth-order valence-corrected chi connectivity index (χ4v) is 1.48. The van der Waals surface area contributed by atoms with E-state index in [0.717, 1.165) is 12.3 Å². The summed E-state index contributed by atoms with van der Waals surface area (Å²) in [5.41, 5.74) is 2.48. The standard InChI is InChI=1S/C13H10N4O4/c18-12-4-3-11(17(20)21)6-10(12)8-15-16-13(19)9-2-1-5-14-7-9/h1-8,18H,(H,16,19)/b15-8+. The fraction of sp³-hybridized carbons (Fsp3) is 0. The maximum absolute atomic E-state index is 11.7. The van der Waals surface area contributed by atoms with Crippen molar-refractivity contribution in [3.8, 4) is 5.75 Å². The molecule has 0 aliphatic carbocycles. The minimum absolute atomic E-state index is 0.121. The Morgan fingerprint density at radius 1 is 1.43 bits per heavy atom. The lowest BCUT2D eigenvalue weighted by atomic mass is 10.2. The van der Waals surface area contributed by atoms with E-state index in [0.29, 0.717) is 5.56 Å². The molecule has 1 aromatic heterocycles. The molecule has 0 saturated carbocycles. The van der Waals surface area contributed by atoms with Gasteiger partial charge in [-0.25, -0.2) is 5.43 Å². The van der Waals surface area contributed by atoms with E-state index in [1.165, 1.54) is 24.5 Å². The molecule has 0 radical (unpaired) electrons. The van der Waals surface area contributed by atoms with Crippen LogP contribution in [0.4, 0.5) is 5.69 Å². The number of hydrazone groups is 1. The van der Waals surface area contributed by atoms with Crippen LogP contribution >= 0.6 is 0 Å². The number of non-ortho nitro benzene ring substituents is 1. The normalized spacial score (nSPS) is 10.5. The lowest BCUT2D eigenvalue weighted by molar-refractivity contribution is -0.384.